The minimum atomic E-state index is 0.108. The maximum atomic E-state index is 13.2. The first-order valence-corrected chi connectivity index (χ1v) is 12.5. The fourth-order valence-electron chi connectivity index (χ4n) is 5.56. The zero-order valence-electron chi connectivity index (χ0n) is 19.8. The fourth-order valence-corrected chi connectivity index (χ4v) is 5.56. The summed E-state index contributed by atoms with van der Waals surface area (Å²) >= 11 is 0. The third kappa shape index (κ3) is 4.56. The average molecular weight is 446 g/mol. The second kappa shape index (κ2) is 9.46. The van der Waals surface area contributed by atoms with E-state index in [-0.39, 0.29) is 5.91 Å². The van der Waals surface area contributed by atoms with Crippen LogP contribution in [0.15, 0.2) is 48.7 Å². The van der Waals surface area contributed by atoms with Gasteiger partial charge in [-0.3, -0.25) is 4.79 Å². The number of amides is 1. The van der Waals surface area contributed by atoms with Crippen molar-refractivity contribution in [1.29, 1.82) is 0 Å². The number of H-pyrrole nitrogens is 1. The molecule has 0 atom stereocenters. The molecule has 6 nitrogen and oxygen atoms in total. The lowest BCUT2D eigenvalue weighted by molar-refractivity contribution is 0.0705. The van der Waals surface area contributed by atoms with Crippen LogP contribution in [0, 0.1) is 0 Å². The van der Waals surface area contributed by atoms with Gasteiger partial charge >= 0.3 is 0 Å². The van der Waals surface area contributed by atoms with Crippen LogP contribution in [0.3, 0.4) is 0 Å². The maximum Gasteiger partial charge on any atom is 0.270 e. The molecule has 1 saturated carbocycles. The summed E-state index contributed by atoms with van der Waals surface area (Å²) < 4.78 is 0. The Hall–Kier alpha value is -3.02. The number of piperidine rings is 1. The number of nitrogens with one attached hydrogen (secondary N) is 2. The van der Waals surface area contributed by atoms with Crippen molar-refractivity contribution in [2.75, 3.05) is 23.3 Å². The van der Waals surface area contributed by atoms with Crippen molar-refractivity contribution in [3.05, 3.63) is 54.4 Å². The van der Waals surface area contributed by atoms with Gasteiger partial charge in [-0.15, -0.1) is 0 Å². The first-order chi connectivity index (χ1) is 16.1. The molecule has 3 heterocycles. The first kappa shape index (κ1) is 21.8. The topological polar surface area (TPSA) is 64.3 Å². The summed E-state index contributed by atoms with van der Waals surface area (Å²) in [7, 11) is 0. The van der Waals surface area contributed by atoms with E-state index in [1.807, 2.05) is 47.5 Å². The van der Waals surface area contributed by atoms with Gasteiger partial charge in [-0.05, 0) is 63.8 Å². The number of carbonyl (C=O) groups is 1. The number of hydrogen-bond donors (Lipinski definition) is 2. The molecular formula is C27H35N5O. The van der Waals surface area contributed by atoms with Gasteiger partial charge in [0, 0.05) is 48.3 Å². The molecule has 1 aliphatic heterocycles. The van der Waals surface area contributed by atoms with E-state index in [9.17, 15) is 4.79 Å². The molecule has 1 saturated heterocycles. The quantitative estimate of drug-likeness (QED) is 0.530. The van der Waals surface area contributed by atoms with Gasteiger partial charge in [0.1, 0.15) is 5.69 Å². The lowest BCUT2D eigenvalue weighted by atomic mass is 9.99. The predicted octanol–water partition coefficient (Wildman–Crippen LogP) is 5.44. The number of para-hydroxylation sites is 1. The van der Waals surface area contributed by atoms with Gasteiger partial charge in [0.2, 0.25) is 0 Å². The molecule has 1 aliphatic carbocycles. The Labute approximate surface area is 196 Å². The van der Waals surface area contributed by atoms with E-state index in [2.05, 4.69) is 35.1 Å². The highest BCUT2D eigenvalue weighted by atomic mass is 16.2. The monoisotopic (exact) mass is 445 g/mol. The second-order valence-electron chi connectivity index (χ2n) is 9.81. The van der Waals surface area contributed by atoms with Gasteiger partial charge < -0.3 is 20.1 Å². The van der Waals surface area contributed by atoms with Crippen molar-refractivity contribution in [2.45, 2.75) is 70.5 Å². The Balaban J connectivity index is 1.33. The van der Waals surface area contributed by atoms with E-state index < -0.39 is 0 Å². The predicted molar refractivity (Wildman–Crippen MR) is 135 cm³/mol. The Morgan fingerprint density at radius 2 is 1.79 bits per heavy atom. The molecule has 0 bridgehead atoms. The number of hydrogen-bond acceptors (Lipinski definition) is 4. The zero-order valence-corrected chi connectivity index (χ0v) is 19.8. The third-order valence-corrected chi connectivity index (χ3v) is 7.10. The van der Waals surface area contributed by atoms with Crippen LogP contribution in [-0.2, 0) is 0 Å². The lowest BCUT2D eigenvalue weighted by Gasteiger charge is -2.43. The van der Waals surface area contributed by atoms with Crippen molar-refractivity contribution in [2.24, 2.45) is 0 Å². The molecule has 174 valence electrons. The van der Waals surface area contributed by atoms with Gasteiger partial charge in [0.25, 0.3) is 5.91 Å². The third-order valence-electron chi connectivity index (χ3n) is 7.10. The molecule has 2 N–H and O–H groups in total. The van der Waals surface area contributed by atoms with Crippen LogP contribution in [0.4, 0.5) is 11.5 Å². The Morgan fingerprint density at radius 1 is 1.06 bits per heavy atom. The number of anilines is 2. The highest BCUT2D eigenvalue weighted by Crippen LogP contribution is 2.36. The van der Waals surface area contributed by atoms with E-state index in [0.717, 1.165) is 48.3 Å². The summed E-state index contributed by atoms with van der Waals surface area (Å²) in [6.07, 6.45) is 8.90. The van der Waals surface area contributed by atoms with Gasteiger partial charge in [-0.1, -0.05) is 31.0 Å². The maximum absolute atomic E-state index is 13.2. The summed E-state index contributed by atoms with van der Waals surface area (Å²) in [6, 6.07) is 15.5. The number of pyridine rings is 1. The summed E-state index contributed by atoms with van der Waals surface area (Å²) in [5, 5.41) is 4.69. The van der Waals surface area contributed by atoms with Crippen molar-refractivity contribution in [1.82, 2.24) is 14.9 Å². The number of nitrogens with zero attached hydrogens (tertiary/aromatic N) is 3. The van der Waals surface area contributed by atoms with E-state index in [1.54, 1.807) is 0 Å². The molecule has 3 aromatic rings. The SMILES string of the molecule is CC(C)Nc1cccnc1N(C1CCCC1)C1CCN(C(=O)c2cc3ccccc3[nH]2)CC1. The Morgan fingerprint density at radius 3 is 2.52 bits per heavy atom. The van der Waals surface area contributed by atoms with Crippen LogP contribution in [0.1, 0.15) is 62.9 Å². The van der Waals surface area contributed by atoms with Crippen molar-refractivity contribution >= 4 is 28.3 Å². The summed E-state index contributed by atoms with van der Waals surface area (Å²) in [5.74, 6) is 1.19. The average Bonchev–Trinajstić information content (AvgIpc) is 3.50. The molecule has 6 heteroatoms. The smallest absolute Gasteiger partial charge is 0.270 e. The zero-order chi connectivity index (χ0) is 22.8. The first-order valence-electron chi connectivity index (χ1n) is 12.5. The van der Waals surface area contributed by atoms with Crippen LogP contribution in [-0.4, -0.2) is 52.0 Å². The molecule has 2 aromatic heterocycles. The molecular weight excluding hydrogens is 410 g/mol. The largest absolute Gasteiger partial charge is 0.380 e. The number of carbonyl (C=O) groups excluding carboxylic acids is 1. The minimum Gasteiger partial charge on any atom is -0.380 e. The normalized spacial score (nSPS) is 17.7. The van der Waals surface area contributed by atoms with Crippen LogP contribution < -0.4 is 10.2 Å². The lowest BCUT2D eigenvalue weighted by Crippen LogP contribution is -2.50. The van der Waals surface area contributed by atoms with Gasteiger partial charge in [0.05, 0.1) is 5.69 Å². The minimum absolute atomic E-state index is 0.108. The van der Waals surface area contributed by atoms with E-state index in [4.69, 9.17) is 4.98 Å². The second-order valence-corrected chi connectivity index (χ2v) is 9.81. The molecule has 2 aliphatic rings. The van der Waals surface area contributed by atoms with Crippen molar-refractivity contribution in [3.63, 3.8) is 0 Å². The number of aromatic amines is 1. The number of fused-ring (bicyclic) bond motifs is 1. The van der Waals surface area contributed by atoms with Crippen LogP contribution in [0.5, 0.6) is 0 Å². The van der Waals surface area contributed by atoms with Gasteiger partial charge in [0.15, 0.2) is 5.82 Å². The fraction of sp³-hybridized carbons (Fsp3) is 0.481. The number of benzene rings is 1. The summed E-state index contributed by atoms with van der Waals surface area (Å²) in [5.41, 5.74) is 2.83. The summed E-state index contributed by atoms with van der Waals surface area (Å²) in [6.45, 7) is 5.90. The highest BCUT2D eigenvalue weighted by molar-refractivity contribution is 5.98. The molecule has 1 amide bonds. The summed E-state index contributed by atoms with van der Waals surface area (Å²) in [4.78, 5) is 26.0. The van der Waals surface area contributed by atoms with E-state index in [0.29, 0.717) is 23.8 Å². The van der Waals surface area contributed by atoms with Gasteiger partial charge in [-0.25, -0.2) is 4.98 Å². The number of aromatic nitrogens is 2. The van der Waals surface area contributed by atoms with E-state index >= 15 is 0 Å². The molecule has 0 unspecified atom stereocenters. The molecule has 0 spiro atoms. The van der Waals surface area contributed by atoms with Crippen LogP contribution in [0.2, 0.25) is 0 Å². The number of likely N-dealkylation sites (tertiary alicyclic amines) is 1. The van der Waals surface area contributed by atoms with Crippen molar-refractivity contribution in [3.8, 4) is 0 Å². The standard InChI is InChI=1S/C27H35N5O/c1-19(2)29-24-12-7-15-28-26(24)32(21-9-4-5-10-21)22-13-16-31(17-14-22)27(33)25-18-20-8-3-6-11-23(20)30-25/h3,6-8,11-12,15,18-19,21-22,29-30H,4-5,9-10,13-14,16-17H2,1-2H3. The van der Waals surface area contributed by atoms with Gasteiger partial charge in [-0.2, -0.15) is 0 Å². The molecule has 1 aromatic carbocycles. The molecule has 2 fully saturated rings. The van der Waals surface area contributed by atoms with E-state index in [1.165, 1.54) is 25.7 Å². The Bertz CT molecular complexity index is 1060. The highest BCUT2D eigenvalue weighted by Gasteiger charge is 2.34. The van der Waals surface area contributed by atoms with Crippen LogP contribution >= 0.6 is 0 Å². The number of rotatable bonds is 6. The Kier molecular flexibility index (Phi) is 6.25. The molecule has 5 rings (SSSR count). The van der Waals surface area contributed by atoms with Crippen LogP contribution in [0.25, 0.3) is 10.9 Å². The van der Waals surface area contributed by atoms with Crippen molar-refractivity contribution < 1.29 is 4.79 Å². The molecule has 0 radical (unpaired) electrons. The molecule has 33 heavy (non-hydrogen) atoms.